The Labute approximate surface area is 126 Å². The van der Waals surface area contributed by atoms with Crippen molar-refractivity contribution in [3.63, 3.8) is 0 Å². The number of ether oxygens (including phenoxy) is 2. The molecule has 118 valence electrons. The Morgan fingerprint density at radius 3 is 2.71 bits per heavy atom. The van der Waals surface area contributed by atoms with Crippen LogP contribution >= 0.6 is 0 Å². The van der Waals surface area contributed by atoms with E-state index in [-0.39, 0.29) is 11.9 Å². The van der Waals surface area contributed by atoms with E-state index in [1.807, 2.05) is 39.1 Å². The van der Waals surface area contributed by atoms with Crippen LogP contribution in [-0.2, 0) is 11.3 Å². The van der Waals surface area contributed by atoms with Crippen LogP contribution in [0.5, 0.6) is 5.75 Å². The number of methoxy groups -OCH3 is 1. The molecule has 0 fully saturated rings. The lowest BCUT2D eigenvalue weighted by molar-refractivity contribution is 0.0627. The molecule has 1 aromatic rings. The molecule has 0 aliphatic rings. The van der Waals surface area contributed by atoms with Gasteiger partial charge in [-0.3, -0.25) is 4.90 Å². The zero-order valence-electron chi connectivity index (χ0n) is 13.2. The number of nitrogens with two attached hydrogens (primary N) is 1. The largest absolute Gasteiger partial charge is 0.496 e. The van der Waals surface area contributed by atoms with Crippen LogP contribution in [0, 0.1) is 0 Å². The Balaban J connectivity index is 2.71. The summed E-state index contributed by atoms with van der Waals surface area (Å²) in [5.74, 6) is 0.624. The lowest BCUT2D eigenvalue weighted by Crippen LogP contribution is -2.24. The van der Waals surface area contributed by atoms with Crippen LogP contribution in [0.4, 0.5) is 0 Å². The summed E-state index contributed by atoms with van der Waals surface area (Å²) in [5.41, 5.74) is 7.32. The highest BCUT2D eigenvalue weighted by Gasteiger charge is 2.10. The monoisotopic (exact) mass is 295 g/mol. The van der Waals surface area contributed by atoms with Gasteiger partial charge in [-0.1, -0.05) is 11.2 Å². The lowest BCUT2D eigenvalue weighted by atomic mass is 10.1. The molecule has 6 nitrogen and oxygen atoms in total. The number of rotatable bonds is 8. The maximum atomic E-state index is 8.83. The number of hydrogen-bond donors (Lipinski definition) is 2. The highest BCUT2D eigenvalue weighted by atomic mass is 16.5. The number of amidine groups is 1. The molecule has 6 heteroatoms. The molecule has 0 aliphatic heterocycles. The second kappa shape index (κ2) is 8.49. The summed E-state index contributed by atoms with van der Waals surface area (Å²) in [6.45, 7) is 6.32. The van der Waals surface area contributed by atoms with Gasteiger partial charge in [0.1, 0.15) is 5.75 Å². The minimum atomic E-state index is 0.0412. The summed E-state index contributed by atoms with van der Waals surface area (Å²) in [5, 5.41) is 11.9. The van der Waals surface area contributed by atoms with Gasteiger partial charge in [0, 0.05) is 13.1 Å². The molecular formula is C15H25N3O3. The molecule has 3 N–H and O–H groups in total. The maximum absolute atomic E-state index is 8.83. The number of hydrogen-bond acceptors (Lipinski definition) is 5. The molecular weight excluding hydrogens is 270 g/mol. The Bertz CT molecular complexity index is 475. The van der Waals surface area contributed by atoms with Gasteiger partial charge in [-0.15, -0.1) is 0 Å². The molecule has 0 atom stereocenters. The van der Waals surface area contributed by atoms with Crippen molar-refractivity contribution in [2.75, 3.05) is 27.3 Å². The van der Waals surface area contributed by atoms with Gasteiger partial charge in [-0.2, -0.15) is 0 Å². The first-order chi connectivity index (χ1) is 9.97. The van der Waals surface area contributed by atoms with Crippen LogP contribution in [0.2, 0.25) is 0 Å². The SMILES string of the molecule is COc1ccc(CN(C)CCOC(C)C)cc1/C(N)=N/O. The van der Waals surface area contributed by atoms with Gasteiger partial charge in [0.25, 0.3) is 0 Å². The third kappa shape index (κ3) is 5.61. The van der Waals surface area contributed by atoms with Crippen molar-refractivity contribution < 1.29 is 14.7 Å². The van der Waals surface area contributed by atoms with Crippen LogP contribution < -0.4 is 10.5 Å². The highest BCUT2D eigenvalue weighted by molar-refractivity contribution is 5.99. The smallest absolute Gasteiger partial charge is 0.173 e. The van der Waals surface area contributed by atoms with E-state index >= 15 is 0 Å². The second-order valence-corrected chi connectivity index (χ2v) is 5.18. The third-order valence-electron chi connectivity index (χ3n) is 3.02. The van der Waals surface area contributed by atoms with Gasteiger partial charge in [0.15, 0.2) is 5.84 Å². The molecule has 1 rings (SSSR count). The van der Waals surface area contributed by atoms with Crippen molar-refractivity contribution in [2.45, 2.75) is 26.5 Å². The molecule has 1 aromatic carbocycles. The molecule has 0 aromatic heterocycles. The fourth-order valence-corrected chi connectivity index (χ4v) is 1.94. The van der Waals surface area contributed by atoms with Crippen LogP contribution in [0.25, 0.3) is 0 Å². The normalized spacial score (nSPS) is 12.2. The molecule has 0 heterocycles. The molecule has 0 saturated carbocycles. The van der Waals surface area contributed by atoms with Crippen molar-refractivity contribution in [3.8, 4) is 5.75 Å². The van der Waals surface area contributed by atoms with Gasteiger partial charge in [-0.05, 0) is 38.6 Å². The molecule has 0 bridgehead atoms. The zero-order valence-corrected chi connectivity index (χ0v) is 13.2. The van der Waals surface area contributed by atoms with E-state index in [1.54, 1.807) is 7.11 Å². The minimum absolute atomic E-state index is 0.0412. The Hall–Kier alpha value is -1.79. The standard InChI is InChI=1S/C15H25N3O3/c1-11(2)21-8-7-18(3)10-12-5-6-14(20-4)13(9-12)15(16)17-19/h5-6,9,11,19H,7-8,10H2,1-4H3,(H2,16,17). The Kier molecular flexibility index (Phi) is 6.98. The van der Waals surface area contributed by atoms with Gasteiger partial charge >= 0.3 is 0 Å². The first-order valence-electron chi connectivity index (χ1n) is 6.92. The predicted octanol–water partition coefficient (Wildman–Crippen LogP) is 1.65. The summed E-state index contributed by atoms with van der Waals surface area (Å²) in [6.07, 6.45) is 0.242. The Morgan fingerprint density at radius 1 is 1.43 bits per heavy atom. The average Bonchev–Trinajstić information content (AvgIpc) is 2.45. The lowest BCUT2D eigenvalue weighted by Gasteiger charge is -2.18. The number of likely N-dealkylation sites (N-methyl/N-ethyl adjacent to an activating group) is 1. The van der Waals surface area contributed by atoms with E-state index in [2.05, 4.69) is 10.1 Å². The van der Waals surface area contributed by atoms with E-state index in [4.69, 9.17) is 20.4 Å². The van der Waals surface area contributed by atoms with Gasteiger partial charge in [-0.25, -0.2) is 0 Å². The molecule has 0 radical (unpaired) electrons. The van der Waals surface area contributed by atoms with Crippen LogP contribution in [-0.4, -0.2) is 49.4 Å². The zero-order chi connectivity index (χ0) is 15.8. The quantitative estimate of drug-likeness (QED) is 0.330. The number of oxime groups is 1. The van der Waals surface area contributed by atoms with Gasteiger partial charge < -0.3 is 20.4 Å². The Morgan fingerprint density at radius 2 is 2.14 bits per heavy atom. The van der Waals surface area contributed by atoms with Crippen LogP contribution in [0.1, 0.15) is 25.0 Å². The first kappa shape index (κ1) is 17.3. The summed E-state index contributed by atoms with van der Waals surface area (Å²) >= 11 is 0. The summed E-state index contributed by atoms with van der Waals surface area (Å²) in [7, 11) is 3.58. The van der Waals surface area contributed by atoms with E-state index < -0.39 is 0 Å². The molecule has 0 unspecified atom stereocenters. The van der Waals surface area contributed by atoms with Crippen molar-refractivity contribution in [1.29, 1.82) is 0 Å². The molecule has 21 heavy (non-hydrogen) atoms. The van der Waals surface area contributed by atoms with Gasteiger partial charge in [0.2, 0.25) is 0 Å². The van der Waals surface area contributed by atoms with Crippen molar-refractivity contribution >= 4 is 5.84 Å². The maximum Gasteiger partial charge on any atom is 0.173 e. The number of benzene rings is 1. The molecule has 0 amide bonds. The molecule has 0 aliphatic carbocycles. The molecule has 0 spiro atoms. The summed E-state index contributed by atoms with van der Waals surface area (Å²) < 4.78 is 10.7. The van der Waals surface area contributed by atoms with Crippen molar-refractivity contribution in [2.24, 2.45) is 10.9 Å². The van der Waals surface area contributed by atoms with Crippen molar-refractivity contribution in [3.05, 3.63) is 29.3 Å². The van der Waals surface area contributed by atoms with E-state index in [0.29, 0.717) is 17.9 Å². The highest BCUT2D eigenvalue weighted by Crippen LogP contribution is 2.20. The topological polar surface area (TPSA) is 80.3 Å². The molecule has 0 saturated heterocycles. The van der Waals surface area contributed by atoms with Crippen LogP contribution in [0.15, 0.2) is 23.4 Å². The first-order valence-corrected chi connectivity index (χ1v) is 6.92. The van der Waals surface area contributed by atoms with Crippen molar-refractivity contribution in [1.82, 2.24) is 4.90 Å². The van der Waals surface area contributed by atoms with Gasteiger partial charge in [0.05, 0.1) is 25.4 Å². The third-order valence-corrected chi connectivity index (χ3v) is 3.02. The fraction of sp³-hybridized carbons (Fsp3) is 0.533. The van der Waals surface area contributed by atoms with E-state index in [0.717, 1.165) is 18.7 Å². The van der Waals surface area contributed by atoms with E-state index in [9.17, 15) is 0 Å². The summed E-state index contributed by atoms with van der Waals surface area (Å²) in [6, 6.07) is 5.65. The van der Waals surface area contributed by atoms with Crippen LogP contribution in [0.3, 0.4) is 0 Å². The fourth-order valence-electron chi connectivity index (χ4n) is 1.94. The summed E-state index contributed by atoms with van der Waals surface area (Å²) in [4.78, 5) is 2.15. The number of nitrogens with zero attached hydrogens (tertiary/aromatic N) is 2. The van der Waals surface area contributed by atoms with E-state index in [1.165, 1.54) is 0 Å². The predicted molar refractivity (Wildman–Crippen MR) is 82.9 cm³/mol. The minimum Gasteiger partial charge on any atom is -0.496 e. The average molecular weight is 295 g/mol. The second-order valence-electron chi connectivity index (χ2n) is 5.18.